The van der Waals surface area contributed by atoms with Gasteiger partial charge in [0.25, 0.3) is 0 Å². The molecular formula is C22H32N4O3. The van der Waals surface area contributed by atoms with E-state index in [2.05, 4.69) is 10.4 Å². The number of aryl methyl sites for hydroxylation is 1. The van der Waals surface area contributed by atoms with Crippen LogP contribution in [0.25, 0.3) is 5.69 Å². The first-order valence-electron chi connectivity index (χ1n) is 9.90. The van der Waals surface area contributed by atoms with Gasteiger partial charge in [-0.3, -0.25) is 4.79 Å². The molecule has 1 aromatic heterocycles. The average molecular weight is 401 g/mol. The molecule has 2 aromatic rings. The summed E-state index contributed by atoms with van der Waals surface area (Å²) in [7, 11) is 1.79. The van der Waals surface area contributed by atoms with Gasteiger partial charge in [-0.1, -0.05) is 18.2 Å². The van der Waals surface area contributed by atoms with Crippen LogP contribution in [0, 0.1) is 13.8 Å². The standard InChI is InChI=1S/C22H32N4O3/c1-16-19(17(2)26(24-16)18-11-8-7-9-12-18)15-25(6)20(27)13-10-14-23-21(28)29-22(3,4)5/h7-9,11-12H,10,13-15H2,1-6H3,(H,23,28). The Morgan fingerprint density at radius 3 is 2.45 bits per heavy atom. The van der Waals surface area contributed by atoms with Gasteiger partial charge in [0.2, 0.25) is 5.91 Å². The minimum absolute atomic E-state index is 0.0299. The van der Waals surface area contributed by atoms with E-state index in [1.807, 2.05) is 69.6 Å². The molecule has 158 valence electrons. The number of alkyl carbamates (subject to hydrolysis) is 1. The van der Waals surface area contributed by atoms with E-state index in [4.69, 9.17) is 4.74 Å². The van der Waals surface area contributed by atoms with Crippen LogP contribution in [0.15, 0.2) is 30.3 Å². The molecule has 0 aliphatic heterocycles. The Balaban J connectivity index is 1.87. The Kier molecular flexibility index (Phi) is 7.42. The Morgan fingerprint density at radius 2 is 1.83 bits per heavy atom. The first-order valence-corrected chi connectivity index (χ1v) is 9.90. The van der Waals surface area contributed by atoms with Gasteiger partial charge >= 0.3 is 6.09 Å². The highest BCUT2D eigenvalue weighted by atomic mass is 16.6. The van der Waals surface area contributed by atoms with Crippen LogP contribution < -0.4 is 5.32 Å². The van der Waals surface area contributed by atoms with E-state index < -0.39 is 11.7 Å². The first-order chi connectivity index (χ1) is 13.6. The molecule has 0 saturated heterocycles. The summed E-state index contributed by atoms with van der Waals surface area (Å²) in [5, 5.41) is 7.31. The van der Waals surface area contributed by atoms with Crippen LogP contribution >= 0.6 is 0 Å². The molecule has 0 unspecified atom stereocenters. The van der Waals surface area contributed by atoms with Crippen molar-refractivity contribution < 1.29 is 14.3 Å². The SMILES string of the molecule is Cc1nn(-c2ccccc2)c(C)c1CN(C)C(=O)CCCNC(=O)OC(C)(C)C. The third kappa shape index (κ3) is 6.62. The second-order valence-electron chi connectivity index (χ2n) is 8.18. The average Bonchev–Trinajstić information content (AvgIpc) is 2.92. The third-order valence-electron chi connectivity index (χ3n) is 4.50. The van der Waals surface area contributed by atoms with Crippen molar-refractivity contribution in [1.29, 1.82) is 0 Å². The normalized spacial score (nSPS) is 11.2. The molecule has 7 heteroatoms. The number of nitrogens with zero attached hydrogens (tertiary/aromatic N) is 3. The quantitative estimate of drug-likeness (QED) is 0.718. The van der Waals surface area contributed by atoms with Gasteiger partial charge in [-0.25, -0.2) is 9.48 Å². The topological polar surface area (TPSA) is 76.5 Å². The summed E-state index contributed by atoms with van der Waals surface area (Å²) in [5.41, 5.74) is 3.47. The van der Waals surface area contributed by atoms with Crippen LogP contribution in [0.3, 0.4) is 0 Å². The zero-order valence-corrected chi connectivity index (χ0v) is 18.3. The number of para-hydroxylation sites is 1. The van der Waals surface area contributed by atoms with Crippen molar-refractivity contribution in [1.82, 2.24) is 20.0 Å². The number of amides is 2. The van der Waals surface area contributed by atoms with Crippen LogP contribution in [0.5, 0.6) is 0 Å². The van der Waals surface area contributed by atoms with Gasteiger partial charge in [-0.05, 0) is 53.2 Å². The number of carbonyl (C=O) groups excluding carboxylic acids is 2. The van der Waals surface area contributed by atoms with Crippen molar-refractivity contribution in [3.05, 3.63) is 47.3 Å². The Morgan fingerprint density at radius 1 is 1.17 bits per heavy atom. The van der Waals surface area contributed by atoms with E-state index >= 15 is 0 Å². The summed E-state index contributed by atoms with van der Waals surface area (Å²) < 4.78 is 7.09. The summed E-state index contributed by atoms with van der Waals surface area (Å²) in [6.07, 6.45) is 0.457. The lowest BCUT2D eigenvalue weighted by molar-refractivity contribution is -0.130. The van der Waals surface area contributed by atoms with E-state index in [1.165, 1.54) is 0 Å². The second-order valence-corrected chi connectivity index (χ2v) is 8.18. The van der Waals surface area contributed by atoms with Gasteiger partial charge in [0, 0.05) is 37.8 Å². The number of hydrogen-bond acceptors (Lipinski definition) is 4. The number of nitrogens with one attached hydrogen (secondary N) is 1. The largest absolute Gasteiger partial charge is 0.444 e. The Bertz CT molecular complexity index is 838. The maximum Gasteiger partial charge on any atom is 0.407 e. The summed E-state index contributed by atoms with van der Waals surface area (Å²) in [4.78, 5) is 25.8. The maximum atomic E-state index is 12.5. The molecule has 1 heterocycles. The summed E-state index contributed by atoms with van der Waals surface area (Å²) >= 11 is 0. The zero-order chi connectivity index (χ0) is 21.6. The highest BCUT2D eigenvalue weighted by Crippen LogP contribution is 2.19. The molecule has 1 aromatic carbocycles. The number of hydrogen-bond donors (Lipinski definition) is 1. The van der Waals surface area contributed by atoms with Gasteiger partial charge < -0.3 is 15.0 Å². The fraction of sp³-hybridized carbons (Fsp3) is 0.500. The molecule has 0 atom stereocenters. The maximum absolute atomic E-state index is 12.5. The van der Waals surface area contributed by atoms with Crippen molar-refractivity contribution >= 4 is 12.0 Å². The molecule has 2 amide bonds. The van der Waals surface area contributed by atoms with Gasteiger partial charge in [0.05, 0.1) is 11.4 Å². The van der Waals surface area contributed by atoms with E-state index in [1.54, 1.807) is 11.9 Å². The lowest BCUT2D eigenvalue weighted by atomic mass is 10.1. The molecule has 0 bridgehead atoms. The predicted molar refractivity (Wildman–Crippen MR) is 113 cm³/mol. The molecule has 0 aliphatic rings. The van der Waals surface area contributed by atoms with Gasteiger partial charge in [-0.15, -0.1) is 0 Å². The summed E-state index contributed by atoms with van der Waals surface area (Å²) in [6, 6.07) is 9.95. The van der Waals surface area contributed by atoms with Crippen LogP contribution in [-0.4, -0.2) is 45.9 Å². The minimum atomic E-state index is -0.528. The number of rotatable bonds is 7. The van der Waals surface area contributed by atoms with Gasteiger partial charge in [0.15, 0.2) is 0 Å². The molecule has 0 aliphatic carbocycles. The molecule has 0 radical (unpaired) electrons. The summed E-state index contributed by atoms with van der Waals surface area (Å²) in [5.74, 6) is 0.0299. The zero-order valence-electron chi connectivity index (χ0n) is 18.3. The Hall–Kier alpha value is -2.83. The predicted octanol–water partition coefficient (Wildman–Crippen LogP) is 3.75. The van der Waals surface area contributed by atoms with Crippen molar-refractivity contribution in [2.75, 3.05) is 13.6 Å². The number of benzene rings is 1. The highest BCUT2D eigenvalue weighted by Gasteiger charge is 2.18. The molecule has 2 rings (SSSR count). The molecular weight excluding hydrogens is 368 g/mol. The molecule has 7 nitrogen and oxygen atoms in total. The molecule has 0 fully saturated rings. The number of aromatic nitrogens is 2. The Labute approximate surface area is 173 Å². The van der Waals surface area contributed by atoms with E-state index in [0.29, 0.717) is 25.9 Å². The monoisotopic (exact) mass is 400 g/mol. The van der Waals surface area contributed by atoms with Crippen LogP contribution in [0.1, 0.15) is 50.6 Å². The van der Waals surface area contributed by atoms with E-state index in [0.717, 1.165) is 22.6 Å². The van der Waals surface area contributed by atoms with Crippen LogP contribution in [0.4, 0.5) is 4.79 Å². The van der Waals surface area contributed by atoms with Gasteiger partial charge in [-0.2, -0.15) is 5.10 Å². The lowest BCUT2D eigenvalue weighted by Gasteiger charge is -2.20. The number of carbonyl (C=O) groups is 2. The van der Waals surface area contributed by atoms with Crippen molar-refractivity contribution in [2.45, 2.75) is 59.6 Å². The molecule has 29 heavy (non-hydrogen) atoms. The second kappa shape index (κ2) is 9.58. The van der Waals surface area contributed by atoms with E-state index in [9.17, 15) is 9.59 Å². The smallest absolute Gasteiger partial charge is 0.407 e. The van der Waals surface area contributed by atoms with Gasteiger partial charge in [0.1, 0.15) is 5.60 Å². The van der Waals surface area contributed by atoms with E-state index in [-0.39, 0.29) is 5.91 Å². The molecule has 0 spiro atoms. The minimum Gasteiger partial charge on any atom is -0.444 e. The highest BCUT2D eigenvalue weighted by molar-refractivity contribution is 5.76. The fourth-order valence-corrected chi connectivity index (χ4v) is 2.98. The lowest BCUT2D eigenvalue weighted by Crippen LogP contribution is -2.33. The summed E-state index contributed by atoms with van der Waals surface area (Å²) in [6.45, 7) is 10.3. The van der Waals surface area contributed by atoms with Crippen molar-refractivity contribution in [2.24, 2.45) is 0 Å². The fourth-order valence-electron chi connectivity index (χ4n) is 2.98. The van der Waals surface area contributed by atoms with Crippen molar-refractivity contribution in [3.63, 3.8) is 0 Å². The van der Waals surface area contributed by atoms with Crippen LogP contribution in [0.2, 0.25) is 0 Å². The third-order valence-corrected chi connectivity index (χ3v) is 4.50. The first kappa shape index (κ1) is 22.5. The van der Waals surface area contributed by atoms with Crippen LogP contribution in [-0.2, 0) is 16.1 Å². The molecule has 1 N–H and O–H groups in total. The molecule has 0 saturated carbocycles. The van der Waals surface area contributed by atoms with Crippen molar-refractivity contribution in [3.8, 4) is 5.69 Å². The number of ether oxygens (including phenoxy) is 1.